The first kappa shape index (κ1) is 14.1. The number of rotatable bonds is 4. The fourth-order valence-electron chi connectivity index (χ4n) is 1.70. The van der Waals surface area contributed by atoms with E-state index in [4.69, 9.17) is 11.6 Å². The summed E-state index contributed by atoms with van der Waals surface area (Å²) in [6, 6.07) is 8.23. The quantitative estimate of drug-likeness (QED) is 0.881. The van der Waals surface area contributed by atoms with Gasteiger partial charge < -0.3 is 14.6 Å². The van der Waals surface area contributed by atoms with Crippen LogP contribution >= 0.6 is 11.6 Å². The fraction of sp³-hybridized carbons (Fsp3) is 0.143. The van der Waals surface area contributed by atoms with E-state index in [1.165, 1.54) is 19.2 Å². The van der Waals surface area contributed by atoms with Crippen molar-refractivity contribution >= 4 is 29.2 Å². The lowest BCUT2D eigenvalue weighted by atomic mass is 10.2. The predicted octanol–water partition coefficient (Wildman–Crippen LogP) is 2.57. The first-order valence-corrected chi connectivity index (χ1v) is 6.26. The number of methoxy groups -OCH3 is 1. The Morgan fingerprint density at radius 2 is 2.00 bits per heavy atom. The maximum Gasteiger partial charge on any atom is 0.337 e. The van der Waals surface area contributed by atoms with Crippen molar-refractivity contribution < 1.29 is 14.3 Å². The lowest BCUT2D eigenvalue weighted by molar-refractivity contribution is -0.116. The molecule has 2 aromatic rings. The van der Waals surface area contributed by atoms with Crippen molar-refractivity contribution in [2.24, 2.45) is 0 Å². The Morgan fingerprint density at radius 3 is 2.65 bits per heavy atom. The first-order valence-electron chi connectivity index (χ1n) is 5.88. The number of esters is 1. The van der Waals surface area contributed by atoms with Gasteiger partial charge in [0.1, 0.15) is 6.54 Å². The molecule has 0 aliphatic heterocycles. The summed E-state index contributed by atoms with van der Waals surface area (Å²) in [5, 5.41) is 3.03. The number of hydrogen-bond donors (Lipinski definition) is 1. The van der Waals surface area contributed by atoms with Gasteiger partial charge in [-0.25, -0.2) is 4.79 Å². The van der Waals surface area contributed by atoms with Crippen LogP contribution < -0.4 is 5.32 Å². The molecule has 0 unspecified atom stereocenters. The minimum Gasteiger partial charge on any atom is -0.465 e. The topological polar surface area (TPSA) is 60.3 Å². The number of anilines is 1. The second-order valence-electron chi connectivity index (χ2n) is 4.09. The van der Waals surface area contributed by atoms with Gasteiger partial charge in [0.25, 0.3) is 0 Å². The van der Waals surface area contributed by atoms with Crippen LogP contribution in [0.4, 0.5) is 5.69 Å². The number of aromatic nitrogens is 1. The molecule has 0 aliphatic carbocycles. The zero-order valence-electron chi connectivity index (χ0n) is 10.8. The average molecular weight is 293 g/mol. The smallest absolute Gasteiger partial charge is 0.337 e. The number of nitrogens with one attached hydrogen (secondary N) is 1. The van der Waals surface area contributed by atoms with E-state index < -0.39 is 5.97 Å². The monoisotopic (exact) mass is 292 g/mol. The Hall–Kier alpha value is -2.27. The van der Waals surface area contributed by atoms with E-state index in [1.807, 2.05) is 12.1 Å². The molecule has 1 aromatic carbocycles. The highest BCUT2D eigenvalue weighted by atomic mass is 35.5. The fourth-order valence-corrected chi connectivity index (χ4v) is 1.86. The van der Waals surface area contributed by atoms with Gasteiger partial charge in [0.2, 0.25) is 5.91 Å². The van der Waals surface area contributed by atoms with Gasteiger partial charge in [-0.2, -0.15) is 0 Å². The molecule has 0 saturated heterocycles. The molecule has 1 N–H and O–H groups in total. The van der Waals surface area contributed by atoms with Crippen molar-refractivity contribution in [3.63, 3.8) is 0 Å². The van der Waals surface area contributed by atoms with Crippen LogP contribution in [0.15, 0.2) is 42.7 Å². The third kappa shape index (κ3) is 3.39. The maximum absolute atomic E-state index is 11.9. The highest BCUT2D eigenvalue weighted by Crippen LogP contribution is 2.23. The van der Waals surface area contributed by atoms with Gasteiger partial charge in [-0.05, 0) is 30.3 Å². The van der Waals surface area contributed by atoms with Crippen molar-refractivity contribution in [1.82, 2.24) is 4.57 Å². The van der Waals surface area contributed by atoms with Crippen LogP contribution in [0.1, 0.15) is 10.4 Å². The average Bonchev–Trinajstić information content (AvgIpc) is 2.93. The van der Waals surface area contributed by atoms with Crippen LogP contribution in [-0.2, 0) is 16.1 Å². The summed E-state index contributed by atoms with van der Waals surface area (Å²) in [6.45, 7) is 0.172. The molecule has 20 heavy (non-hydrogen) atoms. The number of carbonyl (C=O) groups excluding carboxylic acids is 2. The van der Waals surface area contributed by atoms with Gasteiger partial charge in [-0.1, -0.05) is 11.6 Å². The Balaban J connectivity index is 2.12. The summed E-state index contributed by atoms with van der Waals surface area (Å²) in [6.07, 6.45) is 3.57. The Labute approximate surface area is 121 Å². The number of amides is 1. The number of halogens is 1. The zero-order chi connectivity index (χ0) is 14.5. The number of ether oxygens (including phenoxy) is 1. The molecule has 0 saturated carbocycles. The standard InChI is InChI=1S/C14H13ClN2O3/c1-20-14(19)10-4-5-11(15)12(8-10)16-13(18)9-17-6-2-3-7-17/h2-8H,9H2,1H3,(H,16,18). The van der Waals surface area contributed by atoms with E-state index >= 15 is 0 Å². The normalized spacial score (nSPS) is 10.1. The molecule has 104 valence electrons. The van der Waals surface area contributed by atoms with Crippen LogP contribution in [-0.4, -0.2) is 23.6 Å². The summed E-state index contributed by atoms with van der Waals surface area (Å²) < 4.78 is 6.35. The lowest BCUT2D eigenvalue weighted by Crippen LogP contribution is -2.18. The van der Waals surface area contributed by atoms with Crippen molar-refractivity contribution in [2.75, 3.05) is 12.4 Å². The van der Waals surface area contributed by atoms with Crippen LogP contribution in [0.3, 0.4) is 0 Å². The van der Waals surface area contributed by atoms with Crippen LogP contribution in [0.5, 0.6) is 0 Å². The van der Waals surface area contributed by atoms with Gasteiger partial charge in [0.05, 0.1) is 23.4 Å². The largest absolute Gasteiger partial charge is 0.465 e. The van der Waals surface area contributed by atoms with E-state index in [-0.39, 0.29) is 12.5 Å². The second-order valence-corrected chi connectivity index (χ2v) is 4.50. The van der Waals surface area contributed by atoms with Crippen molar-refractivity contribution in [3.8, 4) is 0 Å². The van der Waals surface area contributed by atoms with Crippen LogP contribution in [0.2, 0.25) is 5.02 Å². The molecule has 0 bridgehead atoms. The molecule has 0 aliphatic rings. The minimum absolute atomic E-state index is 0.172. The molecular weight excluding hydrogens is 280 g/mol. The van der Waals surface area contributed by atoms with E-state index in [9.17, 15) is 9.59 Å². The summed E-state index contributed by atoms with van der Waals surface area (Å²) in [5.41, 5.74) is 0.708. The number of hydrogen-bond acceptors (Lipinski definition) is 3. The lowest BCUT2D eigenvalue weighted by Gasteiger charge is -2.09. The van der Waals surface area contributed by atoms with Gasteiger partial charge >= 0.3 is 5.97 Å². The molecule has 0 radical (unpaired) electrons. The summed E-state index contributed by atoms with van der Waals surface area (Å²) in [7, 11) is 1.29. The van der Waals surface area contributed by atoms with E-state index in [2.05, 4.69) is 10.1 Å². The van der Waals surface area contributed by atoms with Gasteiger partial charge in [-0.3, -0.25) is 4.79 Å². The SMILES string of the molecule is COC(=O)c1ccc(Cl)c(NC(=O)Cn2cccc2)c1. The molecular formula is C14H13ClN2O3. The van der Waals surface area contributed by atoms with Crippen molar-refractivity contribution in [3.05, 3.63) is 53.3 Å². The first-order chi connectivity index (χ1) is 9.60. The third-order valence-electron chi connectivity index (χ3n) is 2.65. The summed E-state index contributed by atoms with van der Waals surface area (Å²) in [4.78, 5) is 23.3. The van der Waals surface area contributed by atoms with Gasteiger partial charge in [0, 0.05) is 12.4 Å². The Morgan fingerprint density at radius 1 is 1.30 bits per heavy atom. The highest BCUT2D eigenvalue weighted by Gasteiger charge is 2.11. The van der Waals surface area contributed by atoms with Crippen molar-refractivity contribution in [2.45, 2.75) is 6.54 Å². The van der Waals surface area contributed by atoms with Crippen molar-refractivity contribution in [1.29, 1.82) is 0 Å². The molecule has 1 aromatic heterocycles. The molecule has 5 nitrogen and oxygen atoms in total. The number of carbonyl (C=O) groups is 2. The molecule has 0 fully saturated rings. The van der Waals surface area contributed by atoms with Crippen LogP contribution in [0.25, 0.3) is 0 Å². The summed E-state index contributed by atoms with van der Waals surface area (Å²) >= 11 is 6.00. The van der Waals surface area contributed by atoms with E-state index in [0.717, 1.165) is 0 Å². The molecule has 1 amide bonds. The predicted molar refractivity (Wildman–Crippen MR) is 75.9 cm³/mol. The summed E-state index contributed by atoms with van der Waals surface area (Å²) in [5.74, 6) is -0.715. The maximum atomic E-state index is 11.9. The third-order valence-corrected chi connectivity index (χ3v) is 2.98. The number of benzene rings is 1. The molecule has 6 heteroatoms. The van der Waals surface area contributed by atoms with E-state index in [0.29, 0.717) is 16.3 Å². The minimum atomic E-state index is -0.484. The van der Waals surface area contributed by atoms with E-state index in [1.54, 1.807) is 23.0 Å². The number of nitrogens with zero attached hydrogens (tertiary/aromatic N) is 1. The second kappa shape index (κ2) is 6.25. The molecule has 0 atom stereocenters. The highest BCUT2D eigenvalue weighted by molar-refractivity contribution is 6.33. The van der Waals surface area contributed by atoms with Crippen LogP contribution in [0, 0.1) is 0 Å². The molecule has 2 rings (SSSR count). The Kier molecular flexibility index (Phi) is 4.42. The molecule has 0 spiro atoms. The Bertz CT molecular complexity index is 623. The van der Waals surface area contributed by atoms with Gasteiger partial charge in [-0.15, -0.1) is 0 Å². The van der Waals surface area contributed by atoms with Gasteiger partial charge in [0.15, 0.2) is 0 Å². The zero-order valence-corrected chi connectivity index (χ0v) is 11.6. The molecule has 1 heterocycles.